The van der Waals surface area contributed by atoms with Crippen LogP contribution < -0.4 is 4.90 Å². The van der Waals surface area contributed by atoms with Crippen molar-refractivity contribution < 1.29 is 4.92 Å². The first-order valence-electron chi connectivity index (χ1n) is 3.44. The van der Waals surface area contributed by atoms with Gasteiger partial charge in [-0.15, -0.1) is 0 Å². The minimum atomic E-state index is -0.459. The molecule has 0 aromatic heterocycles. The lowest BCUT2D eigenvalue weighted by atomic mass is 10.3. The number of nitro groups is 1. The summed E-state index contributed by atoms with van der Waals surface area (Å²) >= 11 is 0. The van der Waals surface area contributed by atoms with Gasteiger partial charge in [0.25, 0.3) is 5.69 Å². The molecule has 0 saturated carbocycles. The number of nitro benzene ring substituents is 1. The smallest absolute Gasteiger partial charge is 0.277 e. The Morgan fingerprint density at radius 1 is 1.50 bits per heavy atom. The number of rotatable bonds is 2. The summed E-state index contributed by atoms with van der Waals surface area (Å²) in [6.07, 6.45) is 0. The van der Waals surface area contributed by atoms with Crippen LogP contribution in [0.25, 0.3) is 0 Å². The number of nitrogens with zero attached hydrogens (tertiary/aromatic N) is 2. The second-order valence-corrected chi connectivity index (χ2v) is 2.58. The van der Waals surface area contributed by atoms with Crippen LogP contribution in [0.1, 0.15) is 0 Å². The summed E-state index contributed by atoms with van der Waals surface area (Å²) < 4.78 is 0. The highest BCUT2D eigenvalue weighted by molar-refractivity contribution is 5.48. The van der Waals surface area contributed by atoms with E-state index in [4.69, 9.17) is 0 Å². The summed E-state index contributed by atoms with van der Waals surface area (Å²) in [7, 11) is 3.74. The molecule has 63 valence electrons. The van der Waals surface area contributed by atoms with Gasteiger partial charge in [0, 0.05) is 25.8 Å². The maximum atomic E-state index is 10.2. The van der Waals surface area contributed by atoms with Crippen molar-refractivity contribution in [2.24, 2.45) is 0 Å². The van der Waals surface area contributed by atoms with Gasteiger partial charge in [0.1, 0.15) is 0 Å². The van der Waals surface area contributed by atoms with Crippen LogP contribution in [0.5, 0.6) is 0 Å². The fraction of sp³-hybridized carbons (Fsp3) is 0.250. The fourth-order valence-electron chi connectivity index (χ4n) is 0.800. The highest BCUT2D eigenvalue weighted by Crippen LogP contribution is 2.15. The molecule has 0 aliphatic carbocycles. The van der Waals surface area contributed by atoms with Gasteiger partial charge in [-0.3, -0.25) is 10.1 Å². The molecule has 0 saturated heterocycles. The zero-order chi connectivity index (χ0) is 9.14. The number of hydrogen-bond acceptors (Lipinski definition) is 3. The van der Waals surface area contributed by atoms with E-state index in [0.29, 0.717) is 0 Å². The van der Waals surface area contributed by atoms with Crippen molar-refractivity contribution >= 4 is 11.4 Å². The first kappa shape index (κ1) is 8.52. The average Bonchev–Trinajstić information content (AvgIpc) is 2.04. The number of anilines is 1. The van der Waals surface area contributed by atoms with Gasteiger partial charge in [0.05, 0.1) is 11.0 Å². The summed E-state index contributed by atoms with van der Waals surface area (Å²) in [4.78, 5) is 11.6. The number of hydrogen-bond donors (Lipinski definition) is 0. The molecule has 0 atom stereocenters. The lowest BCUT2D eigenvalue weighted by Gasteiger charge is -2.10. The Kier molecular flexibility index (Phi) is 2.28. The third-order valence-electron chi connectivity index (χ3n) is 1.49. The molecule has 0 fully saturated rings. The highest BCUT2D eigenvalue weighted by Gasteiger charge is 2.04. The predicted molar refractivity (Wildman–Crippen MR) is 46.3 cm³/mol. The molecule has 1 aromatic rings. The molecule has 12 heavy (non-hydrogen) atoms. The maximum Gasteiger partial charge on any atom is 0.277 e. The summed E-state index contributed by atoms with van der Waals surface area (Å²) in [5, 5.41) is 10.2. The van der Waals surface area contributed by atoms with Crippen LogP contribution in [0, 0.1) is 16.2 Å². The van der Waals surface area contributed by atoms with Gasteiger partial charge in [0.15, 0.2) is 0 Å². The Balaban J connectivity index is 2.93. The van der Waals surface area contributed by atoms with Gasteiger partial charge in [0.2, 0.25) is 0 Å². The SMILES string of the molecule is CN(C)c1c[c]c([N+](=O)[O-])cc1. The molecular formula is C8H9N2O2. The second-order valence-electron chi connectivity index (χ2n) is 2.58. The Labute approximate surface area is 70.6 Å². The molecule has 1 aromatic carbocycles. The monoisotopic (exact) mass is 165 g/mol. The molecular weight excluding hydrogens is 156 g/mol. The molecule has 0 amide bonds. The zero-order valence-electron chi connectivity index (χ0n) is 6.94. The second kappa shape index (κ2) is 3.21. The van der Waals surface area contributed by atoms with E-state index in [1.807, 2.05) is 19.0 Å². The van der Waals surface area contributed by atoms with Crippen LogP contribution >= 0.6 is 0 Å². The summed E-state index contributed by atoms with van der Waals surface area (Å²) in [5.74, 6) is 0. The van der Waals surface area contributed by atoms with Crippen molar-refractivity contribution in [3.8, 4) is 0 Å². The Morgan fingerprint density at radius 3 is 2.50 bits per heavy atom. The van der Waals surface area contributed by atoms with E-state index in [2.05, 4.69) is 6.07 Å². The van der Waals surface area contributed by atoms with Crippen molar-refractivity contribution in [2.75, 3.05) is 19.0 Å². The third-order valence-corrected chi connectivity index (χ3v) is 1.49. The summed E-state index contributed by atoms with van der Waals surface area (Å²) in [6.45, 7) is 0. The summed E-state index contributed by atoms with van der Waals surface area (Å²) in [5.41, 5.74) is 0.904. The first-order valence-corrected chi connectivity index (χ1v) is 3.44. The summed E-state index contributed by atoms with van der Waals surface area (Å²) in [6, 6.07) is 7.30. The van der Waals surface area contributed by atoms with Crippen molar-refractivity contribution in [2.45, 2.75) is 0 Å². The van der Waals surface area contributed by atoms with Crippen LogP contribution in [0.2, 0.25) is 0 Å². The first-order chi connectivity index (χ1) is 5.61. The van der Waals surface area contributed by atoms with Gasteiger partial charge >= 0.3 is 0 Å². The minimum Gasteiger partial charge on any atom is -0.378 e. The van der Waals surface area contributed by atoms with Crippen LogP contribution in [0.15, 0.2) is 18.2 Å². The van der Waals surface area contributed by atoms with Gasteiger partial charge in [-0.05, 0) is 12.1 Å². The van der Waals surface area contributed by atoms with E-state index < -0.39 is 4.92 Å². The van der Waals surface area contributed by atoms with Crippen LogP contribution in [0.3, 0.4) is 0 Å². The van der Waals surface area contributed by atoms with Crippen LogP contribution in [-0.2, 0) is 0 Å². The molecule has 0 aliphatic rings. The van der Waals surface area contributed by atoms with Crippen molar-refractivity contribution in [3.05, 3.63) is 34.4 Å². The Hall–Kier alpha value is -1.58. The molecule has 0 N–H and O–H groups in total. The van der Waals surface area contributed by atoms with E-state index in [-0.39, 0.29) is 5.69 Å². The van der Waals surface area contributed by atoms with E-state index >= 15 is 0 Å². The zero-order valence-corrected chi connectivity index (χ0v) is 6.94. The minimum absolute atomic E-state index is 0.000556. The quantitative estimate of drug-likeness (QED) is 0.492. The predicted octanol–water partition coefficient (Wildman–Crippen LogP) is 1.46. The molecule has 4 heteroatoms. The van der Waals surface area contributed by atoms with Crippen molar-refractivity contribution in [1.82, 2.24) is 0 Å². The largest absolute Gasteiger partial charge is 0.378 e. The van der Waals surface area contributed by atoms with Crippen LogP contribution in [0.4, 0.5) is 11.4 Å². The molecule has 0 bridgehead atoms. The molecule has 0 spiro atoms. The maximum absolute atomic E-state index is 10.2. The van der Waals surface area contributed by atoms with Gasteiger partial charge in [-0.2, -0.15) is 0 Å². The normalized spacial score (nSPS) is 9.50. The third kappa shape index (κ3) is 1.72. The van der Waals surface area contributed by atoms with E-state index in [9.17, 15) is 10.1 Å². The molecule has 0 heterocycles. The molecule has 1 rings (SSSR count). The van der Waals surface area contributed by atoms with E-state index in [0.717, 1.165) is 5.69 Å². The number of benzene rings is 1. The number of non-ortho nitro benzene ring substituents is 1. The molecule has 0 aliphatic heterocycles. The van der Waals surface area contributed by atoms with E-state index in [1.54, 1.807) is 12.1 Å². The Bertz CT molecular complexity index is 280. The van der Waals surface area contributed by atoms with Crippen LogP contribution in [-0.4, -0.2) is 19.0 Å². The average molecular weight is 165 g/mol. The Morgan fingerprint density at radius 2 is 2.17 bits per heavy atom. The molecule has 4 nitrogen and oxygen atoms in total. The van der Waals surface area contributed by atoms with Crippen molar-refractivity contribution in [1.29, 1.82) is 0 Å². The standard InChI is InChI=1S/C8H9N2O2/c1-9(2)7-3-5-8(6-4-7)10(11)12/h3-5H,1-2H3. The van der Waals surface area contributed by atoms with Gasteiger partial charge in [-0.25, -0.2) is 0 Å². The van der Waals surface area contributed by atoms with Gasteiger partial charge in [-0.1, -0.05) is 0 Å². The van der Waals surface area contributed by atoms with Crippen molar-refractivity contribution in [3.63, 3.8) is 0 Å². The lowest BCUT2D eigenvalue weighted by molar-refractivity contribution is -0.385. The van der Waals surface area contributed by atoms with E-state index in [1.165, 1.54) is 6.07 Å². The topological polar surface area (TPSA) is 46.4 Å². The lowest BCUT2D eigenvalue weighted by Crippen LogP contribution is -2.08. The van der Waals surface area contributed by atoms with Gasteiger partial charge < -0.3 is 4.90 Å². The fourth-order valence-corrected chi connectivity index (χ4v) is 0.800. The highest BCUT2D eigenvalue weighted by atomic mass is 16.6. The molecule has 0 unspecified atom stereocenters. The molecule has 1 radical (unpaired) electrons.